The van der Waals surface area contributed by atoms with Gasteiger partial charge in [-0.25, -0.2) is 0 Å². The highest BCUT2D eigenvalue weighted by Gasteiger charge is 2.42. The van der Waals surface area contributed by atoms with Crippen LogP contribution in [-0.4, -0.2) is 34.6 Å². The number of aryl methyl sites for hydroxylation is 1. The number of fused-ring (bicyclic) bond motifs is 3. The first kappa shape index (κ1) is 18.0. The van der Waals surface area contributed by atoms with Crippen molar-refractivity contribution in [2.75, 3.05) is 13.1 Å². The Bertz CT molecular complexity index is 903. The predicted octanol–water partition coefficient (Wildman–Crippen LogP) is 4.89. The lowest BCUT2D eigenvalue weighted by molar-refractivity contribution is -0.0373. The van der Waals surface area contributed by atoms with Gasteiger partial charge in [0.15, 0.2) is 5.76 Å². The molecular weight excluding hydrogens is 354 g/mol. The minimum absolute atomic E-state index is 0.0304. The van der Waals surface area contributed by atoms with Gasteiger partial charge in [-0.1, -0.05) is 6.42 Å². The van der Waals surface area contributed by atoms with Gasteiger partial charge in [-0.15, -0.1) is 0 Å². The standard InChI is InChI=1S/C23H29NO4/c1-15-19-17(27-21(15)22(26)24-12-6-3-7-13-24)8-9-18-20(19)16(25)14-23(28-18)10-4-2-5-11-23/h8-9,16,25H,2-7,10-14H2,1H3/t16-/m0/s1. The fourth-order valence-electron chi connectivity index (χ4n) is 5.45. The van der Waals surface area contributed by atoms with Crippen LogP contribution in [0.3, 0.4) is 0 Å². The number of piperidine rings is 1. The van der Waals surface area contributed by atoms with Gasteiger partial charge in [0, 0.05) is 36.0 Å². The Morgan fingerprint density at radius 1 is 1.11 bits per heavy atom. The number of ether oxygens (including phenoxy) is 1. The highest BCUT2D eigenvalue weighted by atomic mass is 16.5. The Morgan fingerprint density at radius 3 is 2.57 bits per heavy atom. The van der Waals surface area contributed by atoms with Crippen LogP contribution in [0.5, 0.6) is 5.75 Å². The van der Waals surface area contributed by atoms with Crippen molar-refractivity contribution in [1.82, 2.24) is 4.90 Å². The number of carbonyl (C=O) groups is 1. The Hall–Kier alpha value is -2.01. The molecule has 150 valence electrons. The van der Waals surface area contributed by atoms with E-state index in [0.717, 1.165) is 73.9 Å². The van der Waals surface area contributed by atoms with Crippen molar-refractivity contribution in [2.24, 2.45) is 0 Å². The molecule has 0 unspecified atom stereocenters. The van der Waals surface area contributed by atoms with Crippen LogP contribution in [0.2, 0.25) is 0 Å². The Morgan fingerprint density at radius 2 is 1.82 bits per heavy atom. The number of hydrogen-bond acceptors (Lipinski definition) is 4. The number of aliphatic hydroxyl groups excluding tert-OH is 1. The van der Waals surface area contributed by atoms with E-state index >= 15 is 0 Å². The maximum Gasteiger partial charge on any atom is 0.289 e. The van der Waals surface area contributed by atoms with Gasteiger partial charge in [-0.05, 0) is 64.0 Å². The largest absolute Gasteiger partial charge is 0.487 e. The number of benzene rings is 1. The Labute approximate surface area is 165 Å². The summed E-state index contributed by atoms with van der Waals surface area (Å²) in [5.41, 5.74) is 2.05. The Balaban J connectivity index is 1.55. The fraction of sp³-hybridized carbons (Fsp3) is 0.609. The van der Waals surface area contributed by atoms with Crippen LogP contribution in [0.1, 0.15) is 85.6 Å². The first-order valence-electron chi connectivity index (χ1n) is 10.8. The number of hydrogen-bond donors (Lipinski definition) is 1. The van der Waals surface area contributed by atoms with Gasteiger partial charge < -0.3 is 19.2 Å². The van der Waals surface area contributed by atoms with E-state index in [0.29, 0.717) is 17.8 Å². The van der Waals surface area contributed by atoms with Crippen molar-refractivity contribution < 1.29 is 19.1 Å². The second-order valence-electron chi connectivity index (χ2n) is 8.83. The van der Waals surface area contributed by atoms with Gasteiger partial charge >= 0.3 is 0 Å². The monoisotopic (exact) mass is 383 g/mol. The molecule has 2 fully saturated rings. The molecule has 1 atom stereocenters. The number of likely N-dealkylation sites (tertiary alicyclic amines) is 1. The first-order chi connectivity index (χ1) is 13.6. The number of amides is 1. The average molecular weight is 383 g/mol. The van der Waals surface area contributed by atoms with E-state index in [9.17, 15) is 9.90 Å². The summed E-state index contributed by atoms with van der Waals surface area (Å²) in [7, 11) is 0. The summed E-state index contributed by atoms with van der Waals surface area (Å²) in [5.74, 6) is 1.14. The summed E-state index contributed by atoms with van der Waals surface area (Å²) in [6.45, 7) is 3.52. The molecule has 1 aromatic heterocycles. The molecule has 5 heteroatoms. The van der Waals surface area contributed by atoms with Crippen molar-refractivity contribution in [3.63, 3.8) is 0 Å². The molecule has 1 spiro atoms. The third kappa shape index (κ3) is 2.83. The maximum absolute atomic E-state index is 13.0. The number of nitrogens with zero attached hydrogens (tertiary/aromatic N) is 1. The molecule has 5 nitrogen and oxygen atoms in total. The van der Waals surface area contributed by atoms with Gasteiger partial charge in [0.1, 0.15) is 16.9 Å². The van der Waals surface area contributed by atoms with Crippen LogP contribution < -0.4 is 4.74 Å². The van der Waals surface area contributed by atoms with E-state index in [1.165, 1.54) is 12.8 Å². The van der Waals surface area contributed by atoms with E-state index in [1.807, 2.05) is 24.0 Å². The molecule has 1 N–H and O–H groups in total. The maximum atomic E-state index is 13.0. The highest BCUT2D eigenvalue weighted by molar-refractivity contribution is 6.00. The van der Waals surface area contributed by atoms with E-state index < -0.39 is 6.10 Å². The van der Waals surface area contributed by atoms with Gasteiger partial charge in [-0.3, -0.25) is 4.79 Å². The van der Waals surface area contributed by atoms with Crippen LogP contribution in [0.4, 0.5) is 0 Å². The summed E-state index contributed by atoms with van der Waals surface area (Å²) in [6.07, 6.45) is 8.89. The van der Waals surface area contributed by atoms with Gasteiger partial charge in [0.2, 0.25) is 0 Å². The van der Waals surface area contributed by atoms with E-state index in [-0.39, 0.29) is 11.5 Å². The molecule has 0 bridgehead atoms. The summed E-state index contributed by atoms with van der Waals surface area (Å²) < 4.78 is 12.5. The summed E-state index contributed by atoms with van der Waals surface area (Å²) in [4.78, 5) is 14.9. The third-order valence-electron chi connectivity index (χ3n) is 6.92. The Kier molecular flexibility index (Phi) is 4.38. The molecule has 3 aliphatic rings. The topological polar surface area (TPSA) is 62.9 Å². The lowest BCUT2D eigenvalue weighted by Crippen LogP contribution is -2.42. The lowest BCUT2D eigenvalue weighted by atomic mass is 9.77. The van der Waals surface area contributed by atoms with Crippen molar-refractivity contribution in [3.8, 4) is 5.75 Å². The molecule has 1 saturated carbocycles. The second kappa shape index (κ2) is 6.80. The van der Waals surface area contributed by atoms with Gasteiger partial charge in [-0.2, -0.15) is 0 Å². The minimum atomic E-state index is -0.584. The van der Waals surface area contributed by atoms with Gasteiger partial charge in [0.05, 0.1) is 6.10 Å². The van der Waals surface area contributed by atoms with Crippen molar-refractivity contribution in [1.29, 1.82) is 0 Å². The molecule has 2 aromatic rings. The van der Waals surface area contributed by atoms with Crippen LogP contribution in [0.15, 0.2) is 16.5 Å². The third-order valence-corrected chi connectivity index (χ3v) is 6.92. The molecule has 28 heavy (non-hydrogen) atoms. The van der Waals surface area contributed by atoms with Gasteiger partial charge in [0.25, 0.3) is 5.91 Å². The number of furan rings is 1. The first-order valence-corrected chi connectivity index (χ1v) is 10.8. The van der Waals surface area contributed by atoms with Crippen LogP contribution in [0.25, 0.3) is 11.0 Å². The minimum Gasteiger partial charge on any atom is -0.487 e. The smallest absolute Gasteiger partial charge is 0.289 e. The summed E-state index contributed by atoms with van der Waals surface area (Å²) in [6, 6.07) is 3.80. The molecule has 5 rings (SSSR count). The molecule has 3 heterocycles. The highest BCUT2D eigenvalue weighted by Crippen LogP contribution is 2.49. The zero-order chi connectivity index (χ0) is 19.3. The SMILES string of the molecule is Cc1c(C(=O)N2CCCCC2)oc2ccc3c(c12)[C@@H](O)CC1(CCCCC1)O3. The predicted molar refractivity (Wildman–Crippen MR) is 107 cm³/mol. The molecule has 1 aliphatic carbocycles. The summed E-state index contributed by atoms with van der Waals surface area (Å²) >= 11 is 0. The van der Waals surface area contributed by atoms with Crippen molar-refractivity contribution >= 4 is 16.9 Å². The normalized spacial score (nSPS) is 24.2. The van der Waals surface area contributed by atoms with Crippen LogP contribution in [0, 0.1) is 6.92 Å². The second-order valence-corrected chi connectivity index (χ2v) is 8.83. The summed E-state index contributed by atoms with van der Waals surface area (Å²) in [5, 5.41) is 11.9. The fourth-order valence-corrected chi connectivity index (χ4v) is 5.45. The van der Waals surface area contributed by atoms with Crippen LogP contribution in [-0.2, 0) is 0 Å². The number of aliphatic hydroxyl groups is 1. The number of carbonyl (C=O) groups excluding carboxylic acids is 1. The van der Waals surface area contributed by atoms with Crippen molar-refractivity contribution in [3.05, 3.63) is 29.0 Å². The average Bonchev–Trinajstić information content (AvgIpc) is 3.05. The zero-order valence-corrected chi connectivity index (χ0v) is 16.6. The molecule has 1 amide bonds. The quantitative estimate of drug-likeness (QED) is 0.762. The molecule has 2 aliphatic heterocycles. The molecule has 1 saturated heterocycles. The van der Waals surface area contributed by atoms with Crippen molar-refractivity contribution in [2.45, 2.75) is 76.4 Å². The molecular formula is C23H29NO4. The zero-order valence-electron chi connectivity index (χ0n) is 16.6. The van der Waals surface area contributed by atoms with E-state index in [2.05, 4.69) is 0 Å². The number of rotatable bonds is 1. The molecule has 1 aromatic carbocycles. The van der Waals surface area contributed by atoms with E-state index in [4.69, 9.17) is 9.15 Å². The lowest BCUT2D eigenvalue weighted by Gasteiger charge is -2.43. The van der Waals surface area contributed by atoms with Crippen LogP contribution >= 0.6 is 0 Å². The molecule has 0 radical (unpaired) electrons. The van der Waals surface area contributed by atoms with E-state index in [1.54, 1.807) is 0 Å².